The fourth-order valence-corrected chi connectivity index (χ4v) is 2.49. The van der Waals surface area contributed by atoms with Gasteiger partial charge in [0.15, 0.2) is 6.33 Å². The van der Waals surface area contributed by atoms with Gasteiger partial charge in [-0.05, 0) is 31.7 Å². The zero-order valence-corrected chi connectivity index (χ0v) is 13.5. The Bertz CT molecular complexity index is 307. The summed E-state index contributed by atoms with van der Waals surface area (Å²) < 4.78 is 0. The number of hydrogen-bond acceptors (Lipinski definition) is 2. The van der Waals surface area contributed by atoms with Crippen molar-refractivity contribution in [1.82, 2.24) is 9.97 Å². The highest BCUT2D eigenvalue weighted by molar-refractivity contribution is 5.08. The van der Waals surface area contributed by atoms with Crippen molar-refractivity contribution in [3.8, 4) is 0 Å². The highest BCUT2D eigenvalue weighted by Gasteiger charge is 2.00. The predicted octanol–water partition coefficient (Wildman–Crippen LogP) is 5.30. The largest absolute Gasteiger partial charge is 0.230 e. The molecular weight excluding hydrogens is 244 g/mol. The lowest BCUT2D eigenvalue weighted by atomic mass is 10.1. The quantitative estimate of drug-likeness (QED) is 0.484. The van der Waals surface area contributed by atoms with Crippen LogP contribution in [0.2, 0.25) is 0 Å². The molecule has 0 saturated carbocycles. The molecule has 0 aliphatic heterocycles. The SMILES string of the molecule is CCCCCCCc1cc(CCCCCCC)n[c]n1. The van der Waals surface area contributed by atoms with Crippen LogP contribution in [0.25, 0.3) is 0 Å². The van der Waals surface area contributed by atoms with Crippen LogP contribution in [0, 0.1) is 6.33 Å². The number of nitrogens with zero attached hydrogens (tertiary/aromatic N) is 2. The fourth-order valence-electron chi connectivity index (χ4n) is 2.49. The average Bonchev–Trinajstić information content (AvgIpc) is 2.47. The van der Waals surface area contributed by atoms with Crippen LogP contribution in [0.3, 0.4) is 0 Å². The molecule has 20 heavy (non-hydrogen) atoms. The summed E-state index contributed by atoms with van der Waals surface area (Å²) in [5.74, 6) is 0. The van der Waals surface area contributed by atoms with Crippen LogP contribution < -0.4 is 0 Å². The minimum atomic E-state index is 1.09. The Morgan fingerprint density at radius 2 is 1.15 bits per heavy atom. The lowest BCUT2D eigenvalue weighted by Gasteiger charge is -2.04. The van der Waals surface area contributed by atoms with Crippen LogP contribution in [0.1, 0.15) is 89.4 Å². The van der Waals surface area contributed by atoms with Crippen molar-refractivity contribution in [3.05, 3.63) is 23.8 Å². The summed E-state index contributed by atoms with van der Waals surface area (Å²) in [7, 11) is 0. The maximum absolute atomic E-state index is 4.28. The van der Waals surface area contributed by atoms with Crippen LogP contribution in [-0.2, 0) is 12.8 Å². The van der Waals surface area contributed by atoms with E-state index in [0.717, 1.165) is 12.8 Å². The minimum Gasteiger partial charge on any atom is -0.230 e. The molecule has 0 aliphatic carbocycles. The minimum absolute atomic E-state index is 1.09. The Hall–Kier alpha value is -0.920. The van der Waals surface area contributed by atoms with E-state index in [1.165, 1.54) is 75.6 Å². The zero-order valence-electron chi connectivity index (χ0n) is 13.5. The van der Waals surface area contributed by atoms with Crippen molar-refractivity contribution in [2.45, 2.75) is 90.9 Å². The van der Waals surface area contributed by atoms with Crippen molar-refractivity contribution in [2.75, 3.05) is 0 Å². The van der Waals surface area contributed by atoms with Crippen molar-refractivity contribution < 1.29 is 0 Å². The molecule has 0 saturated heterocycles. The maximum atomic E-state index is 4.28. The number of aryl methyl sites for hydroxylation is 2. The third kappa shape index (κ3) is 8.29. The summed E-state index contributed by atoms with van der Waals surface area (Å²) >= 11 is 0. The molecule has 0 spiro atoms. The predicted molar refractivity (Wildman–Crippen MR) is 85.8 cm³/mol. The monoisotopic (exact) mass is 275 g/mol. The van der Waals surface area contributed by atoms with Crippen molar-refractivity contribution in [2.24, 2.45) is 0 Å². The maximum Gasteiger partial charge on any atom is 0.198 e. The van der Waals surface area contributed by atoms with Gasteiger partial charge in [0, 0.05) is 11.4 Å². The lowest BCUT2D eigenvalue weighted by Crippen LogP contribution is -1.97. The van der Waals surface area contributed by atoms with Crippen molar-refractivity contribution in [3.63, 3.8) is 0 Å². The van der Waals surface area contributed by atoms with Gasteiger partial charge in [-0.1, -0.05) is 65.2 Å². The molecule has 0 fully saturated rings. The first-order valence-corrected chi connectivity index (χ1v) is 8.59. The van der Waals surface area contributed by atoms with Crippen LogP contribution >= 0.6 is 0 Å². The van der Waals surface area contributed by atoms with Gasteiger partial charge in [-0.25, -0.2) is 9.97 Å². The van der Waals surface area contributed by atoms with Gasteiger partial charge in [-0.15, -0.1) is 0 Å². The highest BCUT2D eigenvalue weighted by Crippen LogP contribution is 2.10. The smallest absolute Gasteiger partial charge is 0.198 e. The zero-order chi connectivity index (χ0) is 14.5. The number of hydrogen-bond donors (Lipinski definition) is 0. The molecule has 0 bridgehead atoms. The molecule has 1 aromatic rings. The molecule has 0 aromatic carbocycles. The number of rotatable bonds is 12. The van der Waals surface area contributed by atoms with E-state index in [4.69, 9.17) is 0 Å². The van der Waals surface area contributed by atoms with Gasteiger partial charge in [0.2, 0.25) is 0 Å². The molecule has 0 atom stereocenters. The molecule has 1 heterocycles. The molecular formula is C18H31N2. The van der Waals surface area contributed by atoms with Crippen LogP contribution in [-0.4, -0.2) is 9.97 Å². The summed E-state index contributed by atoms with van der Waals surface area (Å²) in [4.78, 5) is 8.56. The van der Waals surface area contributed by atoms with E-state index in [-0.39, 0.29) is 0 Å². The lowest BCUT2D eigenvalue weighted by molar-refractivity contribution is 0.620. The van der Waals surface area contributed by atoms with Crippen LogP contribution in [0.4, 0.5) is 0 Å². The van der Waals surface area contributed by atoms with Gasteiger partial charge in [-0.2, -0.15) is 0 Å². The summed E-state index contributed by atoms with van der Waals surface area (Å²) in [6.45, 7) is 4.51. The summed E-state index contributed by atoms with van der Waals surface area (Å²) in [6, 6.07) is 2.19. The molecule has 2 nitrogen and oxygen atoms in total. The van der Waals surface area contributed by atoms with E-state index in [2.05, 4.69) is 36.2 Å². The van der Waals surface area contributed by atoms with E-state index in [1.807, 2.05) is 0 Å². The fraction of sp³-hybridized carbons (Fsp3) is 0.778. The Morgan fingerprint density at radius 3 is 1.60 bits per heavy atom. The van der Waals surface area contributed by atoms with Crippen molar-refractivity contribution >= 4 is 0 Å². The van der Waals surface area contributed by atoms with E-state index < -0.39 is 0 Å². The van der Waals surface area contributed by atoms with Gasteiger partial charge >= 0.3 is 0 Å². The second kappa shape index (κ2) is 11.9. The Balaban J connectivity index is 2.19. The molecule has 0 aliphatic rings. The Labute approximate surface area is 125 Å². The van der Waals surface area contributed by atoms with Gasteiger partial charge in [-0.3, -0.25) is 0 Å². The first-order valence-electron chi connectivity index (χ1n) is 8.59. The summed E-state index contributed by atoms with van der Waals surface area (Å²) in [5, 5.41) is 0. The van der Waals surface area contributed by atoms with Crippen LogP contribution in [0.5, 0.6) is 0 Å². The average molecular weight is 275 g/mol. The van der Waals surface area contributed by atoms with E-state index in [9.17, 15) is 0 Å². The van der Waals surface area contributed by atoms with Gasteiger partial charge in [0.05, 0.1) is 0 Å². The first kappa shape index (κ1) is 17.1. The van der Waals surface area contributed by atoms with Gasteiger partial charge < -0.3 is 0 Å². The van der Waals surface area contributed by atoms with Gasteiger partial charge in [0.1, 0.15) is 0 Å². The van der Waals surface area contributed by atoms with E-state index >= 15 is 0 Å². The number of aromatic nitrogens is 2. The molecule has 1 rings (SSSR count). The normalized spacial score (nSPS) is 10.9. The van der Waals surface area contributed by atoms with Gasteiger partial charge in [0.25, 0.3) is 0 Å². The molecule has 2 heteroatoms. The molecule has 0 unspecified atom stereocenters. The van der Waals surface area contributed by atoms with Crippen molar-refractivity contribution in [1.29, 1.82) is 0 Å². The van der Waals surface area contributed by atoms with E-state index in [0.29, 0.717) is 0 Å². The third-order valence-corrected chi connectivity index (χ3v) is 3.79. The second-order valence-corrected chi connectivity index (χ2v) is 5.78. The standard InChI is InChI=1S/C18H31N2/c1-3-5-7-9-11-13-17-15-18(20-16-19-17)14-12-10-8-6-4-2/h15H,3-14H2,1-2H3. The third-order valence-electron chi connectivity index (χ3n) is 3.79. The molecule has 1 aromatic heterocycles. The topological polar surface area (TPSA) is 25.8 Å². The van der Waals surface area contributed by atoms with E-state index in [1.54, 1.807) is 0 Å². The Kier molecular flexibility index (Phi) is 10.2. The Morgan fingerprint density at radius 1 is 0.700 bits per heavy atom. The highest BCUT2D eigenvalue weighted by atomic mass is 14.8. The number of unbranched alkanes of at least 4 members (excludes halogenated alkanes) is 8. The molecule has 0 amide bonds. The first-order chi connectivity index (χ1) is 9.86. The molecule has 1 radical (unpaired) electrons. The summed E-state index contributed by atoms with van der Waals surface area (Å²) in [5.41, 5.74) is 2.36. The molecule has 113 valence electrons. The second-order valence-electron chi connectivity index (χ2n) is 5.78. The van der Waals surface area contributed by atoms with Crippen LogP contribution in [0.15, 0.2) is 6.07 Å². The summed E-state index contributed by atoms with van der Waals surface area (Å²) in [6.07, 6.45) is 18.2. The molecule has 0 N–H and O–H groups in total.